The van der Waals surface area contributed by atoms with Gasteiger partial charge in [0.05, 0.1) is 0 Å². The molecule has 6 nitrogen and oxygen atoms in total. The standard InChI is InChI=1S/C59H114O6/c1-4-7-10-13-16-19-20-21-22-23-24-25-26-27-28-29-30-31-32-33-34-35-36-37-38-41-43-46-49-52-58(61)64-55-56(65-59(62)53-50-47-44-40-18-15-12-9-6-3)54-63-57(60)51-48-45-42-39-17-14-11-8-5-2/h56H,4-55H2,1-3H3. The summed E-state index contributed by atoms with van der Waals surface area (Å²) in [5.74, 6) is -0.846. The van der Waals surface area contributed by atoms with Crippen LogP contribution in [0.5, 0.6) is 0 Å². The fourth-order valence-corrected chi connectivity index (χ4v) is 9.15. The van der Waals surface area contributed by atoms with Crippen molar-refractivity contribution in [1.82, 2.24) is 0 Å². The van der Waals surface area contributed by atoms with Gasteiger partial charge in [0.25, 0.3) is 0 Å². The molecule has 0 aliphatic heterocycles. The van der Waals surface area contributed by atoms with Crippen molar-refractivity contribution in [3.8, 4) is 0 Å². The summed E-state index contributed by atoms with van der Waals surface area (Å²) >= 11 is 0. The maximum atomic E-state index is 12.7. The van der Waals surface area contributed by atoms with Gasteiger partial charge in [-0.05, 0) is 19.3 Å². The van der Waals surface area contributed by atoms with Crippen molar-refractivity contribution in [3.05, 3.63) is 0 Å². The molecule has 0 fully saturated rings. The van der Waals surface area contributed by atoms with Crippen molar-refractivity contribution in [2.45, 2.75) is 348 Å². The highest BCUT2D eigenvalue weighted by atomic mass is 16.6. The second-order valence-electron chi connectivity index (χ2n) is 20.3. The quantitative estimate of drug-likeness (QED) is 0.0344. The van der Waals surface area contributed by atoms with E-state index in [9.17, 15) is 14.4 Å². The lowest BCUT2D eigenvalue weighted by molar-refractivity contribution is -0.167. The number of carbonyl (C=O) groups excluding carboxylic acids is 3. The van der Waals surface area contributed by atoms with Crippen molar-refractivity contribution in [2.24, 2.45) is 0 Å². The number of rotatable bonds is 55. The van der Waals surface area contributed by atoms with Crippen molar-refractivity contribution >= 4 is 17.9 Å². The normalized spacial score (nSPS) is 11.9. The molecule has 6 heteroatoms. The molecule has 0 aromatic heterocycles. The molecule has 0 amide bonds. The Hall–Kier alpha value is -1.59. The van der Waals surface area contributed by atoms with Crippen molar-refractivity contribution < 1.29 is 28.6 Å². The Bertz CT molecular complexity index is 967. The Morgan fingerprint density at radius 3 is 0.615 bits per heavy atom. The molecule has 0 saturated heterocycles. The number of carbonyl (C=O) groups is 3. The molecule has 1 unspecified atom stereocenters. The summed E-state index contributed by atoms with van der Waals surface area (Å²) in [5, 5.41) is 0. The maximum absolute atomic E-state index is 12.7. The molecule has 0 aromatic rings. The van der Waals surface area contributed by atoms with Crippen molar-refractivity contribution in [2.75, 3.05) is 13.2 Å². The third kappa shape index (κ3) is 53.2. The highest BCUT2D eigenvalue weighted by Crippen LogP contribution is 2.18. The van der Waals surface area contributed by atoms with Crippen molar-refractivity contribution in [3.63, 3.8) is 0 Å². The van der Waals surface area contributed by atoms with Crippen LogP contribution in [0.4, 0.5) is 0 Å². The van der Waals surface area contributed by atoms with Gasteiger partial charge in [0.2, 0.25) is 0 Å². The summed E-state index contributed by atoms with van der Waals surface area (Å²) < 4.78 is 16.8. The molecule has 0 heterocycles. The first-order valence-corrected chi connectivity index (χ1v) is 29.5. The van der Waals surface area contributed by atoms with Crippen LogP contribution in [-0.4, -0.2) is 37.2 Å². The van der Waals surface area contributed by atoms with Gasteiger partial charge in [0, 0.05) is 19.3 Å². The minimum Gasteiger partial charge on any atom is -0.462 e. The average Bonchev–Trinajstić information content (AvgIpc) is 3.30. The van der Waals surface area contributed by atoms with E-state index >= 15 is 0 Å². The maximum Gasteiger partial charge on any atom is 0.306 e. The molecule has 0 spiro atoms. The van der Waals surface area contributed by atoms with Crippen LogP contribution in [0.15, 0.2) is 0 Å². The molecule has 0 bridgehead atoms. The molecule has 0 N–H and O–H groups in total. The third-order valence-electron chi connectivity index (χ3n) is 13.6. The third-order valence-corrected chi connectivity index (χ3v) is 13.6. The summed E-state index contributed by atoms with van der Waals surface area (Å²) in [6.45, 7) is 6.65. The van der Waals surface area contributed by atoms with Gasteiger partial charge in [-0.3, -0.25) is 14.4 Å². The van der Waals surface area contributed by atoms with Gasteiger partial charge in [0.15, 0.2) is 6.10 Å². The number of esters is 3. The lowest BCUT2D eigenvalue weighted by atomic mass is 10.0. The zero-order valence-corrected chi connectivity index (χ0v) is 44.3. The van der Waals surface area contributed by atoms with E-state index in [1.165, 1.54) is 244 Å². The molecule has 386 valence electrons. The highest BCUT2D eigenvalue weighted by Gasteiger charge is 2.19. The molecule has 0 rings (SSSR count). The van der Waals surface area contributed by atoms with Gasteiger partial charge in [-0.15, -0.1) is 0 Å². The minimum absolute atomic E-state index is 0.0623. The predicted molar refractivity (Wildman–Crippen MR) is 280 cm³/mol. The van der Waals surface area contributed by atoms with Gasteiger partial charge in [-0.2, -0.15) is 0 Å². The fourth-order valence-electron chi connectivity index (χ4n) is 9.15. The SMILES string of the molecule is CCCCCCCCCCCCCCCCCCCCCCCCCCCCCCCC(=O)OCC(COC(=O)CCCCCCCCCCC)OC(=O)CCCCCCCCCCC. The first-order chi connectivity index (χ1) is 32.0. The predicted octanol–water partition coefficient (Wildman–Crippen LogP) is 19.5. The van der Waals surface area contributed by atoms with Gasteiger partial charge in [-0.1, -0.05) is 303 Å². The Morgan fingerprint density at radius 2 is 0.415 bits per heavy atom. The second-order valence-corrected chi connectivity index (χ2v) is 20.3. The van der Waals surface area contributed by atoms with Crippen LogP contribution in [0.25, 0.3) is 0 Å². The lowest BCUT2D eigenvalue weighted by Crippen LogP contribution is -2.30. The van der Waals surface area contributed by atoms with Gasteiger partial charge in [-0.25, -0.2) is 0 Å². The van der Waals surface area contributed by atoms with E-state index in [0.717, 1.165) is 57.8 Å². The van der Waals surface area contributed by atoms with E-state index in [1.54, 1.807) is 0 Å². The molecule has 0 aliphatic carbocycles. The van der Waals surface area contributed by atoms with E-state index in [1.807, 2.05) is 0 Å². The summed E-state index contributed by atoms with van der Waals surface area (Å²) in [6, 6.07) is 0. The van der Waals surface area contributed by atoms with E-state index in [-0.39, 0.29) is 31.1 Å². The van der Waals surface area contributed by atoms with Crippen LogP contribution in [0.1, 0.15) is 342 Å². The van der Waals surface area contributed by atoms with Gasteiger partial charge in [0.1, 0.15) is 13.2 Å². The topological polar surface area (TPSA) is 78.9 Å². The van der Waals surface area contributed by atoms with Crippen molar-refractivity contribution in [1.29, 1.82) is 0 Å². The Balaban J connectivity index is 3.93. The lowest BCUT2D eigenvalue weighted by Gasteiger charge is -2.18. The summed E-state index contributed by atoms with van der Waals surface area (Å²) in [4.78, 5) is 37.8. The molecule has 0 aliphatic rings. The van der Waals surface area contributed by atoms with Crippen LogP contribution in [0.2, 0.25) is 0 Å². The van der Waals surface area contributed by atoms with Gasteiger partial charge < -0.3 is 14.2 Å². The monoisotopic (exact) mass is 919 g/mol. The Kier molecular flexibility index (Phi) is 53.7. The highest BCUT2D eigenvalue weighted by molar-refractivity contribution is 5.71. The number of hydrogen-bond acceptors (Lipinski definition) is 6. The zero-order valence-electron chi connectivity index (χ0n) is 44.3. The van der Waals surface area contributed by atoms with Crippen LogP contribution < -0.4 is 0 Å². The average molecular weight is 920 g/mol. The molecule has 0 saturated carbocycles. The largest absolute Gasteiger partial charge is 0.462 e. The summed E-state index contributed by atoms with van der Waals surface area (Å²) in [7, 11) is 0. The van der Waals surface area contributed by atoms with E-state index in [2.05, 4.69) is 20.8 Å². The summed E-state index contributed by atoms with van der Waals surface area (Å²) in [6.07, 6.45) is 61.4. The minimum atomic E-state index is -0.759. The fraction of sp³-hybridized carbons (Fsp3) is 0.949. The molecule has 0 radical (unpaired) electrons. The number of unbranched alkanes of at least 4 members (excludes halogenated alkanes) is 44. The molecule has 0 aromatic carbocycles. The van der Waals surface area contributed by atoms with E-state index < -0.39 is 6.10 Å². The van der Waals surface area contributed by atoms with Crippen LogP contribution in [0.3, 0.4) is 0 Å². The number of hydrogen-bond donors (Lipinski definition) is 0. The first-order valence-electron chi connectivity index (χ1n) is 29.5. The molecule has 1 atom stereocenters. The molecule has 65 heavy (non-hydrogen) atoms. The molecular formula is C59H114O6. The first kappa shape index (κ1) is 63.4. The van der Waals surface area contributed by atoms with Gasteiger partial charge >= 0.3 is 17.9 Å². The van der Waals surface area contributed by atoms with E-state index in [4.69, 9.17) is 14.2 Å². The second kappa shape index (κ2) is 55.0. The van der Waals surface area contributed by atoms with E-state index in [0.29, 0.717) is 19.3 Å². The van der Waals surface area contributed by atoms with Crippen LogP contribution in [-0.2, 0) is 28.6 Å². The Labute approximate surface area is 406 Å². The summed E-state index contributed by atoms with van der Waals surface area (Å²) in [5.41, 5.74) is 0. The number of ether oxygens (including phenoxy) is 3. The van der Waals surface area contributed by atoms with Crippen LogP contribution in [0, 0.1) is 0 Å². The molecular weight excluding hydrogens is 805 g/mol. The smallest absolute Gasteiger partial charge is 0.306 e. The zero-order chi connectivity index (χ0) is 47.2. The van der Waals surface area contributed by atoms with Crippen LogP contribution >= 0.6 is 0 Å². The Morgan fingerprint density at radius 1 is 0.246 bits per heavy atom.